The summed E-state index contributed by atoms with van der Waals surface area (Å²) in [6, 6.07) is 18.1. The van der Waals surface area contributed by atoms with Gasteiger partial charge in [-0.15, -0.1) is 5.10 Å². The molecule has 3 aromatic carbocycles. The number of amidine groups is 1. The van der Waals surface area contributed by atoms with Gasteiger partial charge in [-0.05, 0) is 86.3 Å². The maximum absolute atomic E-state index is 12.8. The first kappa shape index (κ1) is 32.4. The number of carbonyl (C=O) groups excluding carboxylic acids is 2. The number of carbonyl (C=O) groups is 2. The number of hydrogen-bond acceptors (Lipinski definition) is 5. The zero-order valence-corrected chi connectivity index (χ0v) is 26.7. The van der Waals surface area contributed by atoms with Crippen LogP contribution in [0.25, 0.3) is 17.1 Å². The Morgan fingerprint density at radius 3 is 2.47 bits per heavy atom. The van der Waals surface area contributed by atoms with Crippen molar-refractivity contribution < 1.29 is 22.8 Å². The first-order valence-electron chi connectivity index (χ1n) is 14.3. The molecule has 5 rings (SSSR count). The second-order valence-corrected chi connectivity index (χ2v) is 14.0. The summed E-state index contributed by atoms with van der Waals surface area (Å²) in [4.78, 5) is 35.5. The minimum absolute atomic E-state index is 0.0791. The number of rotatable bonds is 9. The van der Waals surface area contributed by atoms with Crippen LogP contribution in [-0.2, 0) is 17.4 Å². The van der Waals surface area contributed by atoms with Crippen LogP contribution in [0.1, 0.15) is 29.5 Å². The number of amides is 3. The SMILES string of the molecule is Cc1ccc(P(C)C)c(N2C(=O)CS/C2=N\C(=O)NCCCCc2ccc(-c3ncn(-c4ccc(C(F)(F)F)cc4)n3)cc2)c1. The molecule has 3 amide bonds. The Morgan fingerprint density at radius 2 is 1.78 bits per heavy atom. The van der Waals surface area contributed by atoms with Crippen LogP contribution in [0.15, 0.2) is 78.0 Å². The molecule has 1 fully saturated rings. The quantitative estimate of drug-likeness (QED) is 0.159. The van der Waals surface area contributed by atoms with Gasteiger partial charge in [0.1, 0.15) is 6.33 Å². The zero-order chi connectivity index (χ0) is 32.1. The van der Waals surface area contributed by atoms with E-state index in [9.17, 15) is 22.8 Å². The number of benzene rings is 3. The van der Waals surface area contributed by atoms with E-state index in [1.54, 1.807) is 4.90 Å². The molecule has 0 radical (unpaired) electrons. The first-order chi connectivity index (χ1) is 21.5. The molecule has 2 heterocycles. The number of halogens is 3. The van der Waals surface area contributed by atoms with E-state index in [1.165, 1.54) is 34.9 Å². The molecule has 0 unspecified atom stereocenters. The number of aliphatic imine (C=N–C) groups is 1. The minimum Gasteiger partial charge on any atom is -0.336 e. The third kappa shape index (κ3) is 7.99. The van der Waals surface area contributed by atoms with Gasteiger partial charge in [-0.1, -0.05) is 56.1 Å². The Kier molecular flexibility index (Phi) is 10.0. The maximum Gasteiger partial charge on any atom is 0.416 e. The lowest BCUT2D eigenvalue weighted by atomic mass is 10.1. The van der Waals surface area contributed by atoms with E-state index in [0.717, 1.165) is 59.1 Å². The molecule has 45 heavy (non-hydrogen) atoms. The van der Waals surface area contributed by atoms with Gasteiger partial charge in [0.2, 0.25) is 5.91 Å². The topological polar surface area (TPSA) is 92.5 Å². The number of anilines is 1. The molecular weight excluding hydrogens is 620 g/mol. The number of thioether (sulfide) groups is 1. The van der Waals surface area contributed by atoms with Gasteiger partial charge in [-0.25, -0.2) is 14.5 Å². The fourth-order valence-electron chi connectivity index (χ4n) is 4.79. The molecule has 0 bridgehead atoms. The van der Waals surface area contributed by atoms with Crippen LogP contribution in [0.2, 0.25) is 0 Å². The summed E-state index contributed by atoms with van der Waals surface area (Å²) in [5.74, 6) is 0.639. The van der Waals surface area contributed by atoms with Crippen LogP contribution in [0.5, 0.6) is 0 Å². The van der Waals surface area contributed by atoms with E-state index in [2.05, 4.69) is 39.8 Å². The molecule has 1 N–H and O–H groups in total. The van der Waals surface area contributed by atoms with Gasteiger partial charge in [0, 0.05) is 12.1 Å². The molecule has 234 valence electrons. The van der Waals surface area contributed by atoms with Gasteiger partial charge in [-0.3, -0.25) is 9.69 Å². The molecule has 0 saturated carbocycles. The summed E-state index contributed by atoms with van der Waals surface area (Å²) in [7, 11) is -0.457. The van der Waals surface area contributed by atoms with Gasteiger partial charge >= 0.3 is 12.2 Å². The number of urea groups is 1. The Morgan fingerprint density at radius 1 is 1.04 bits per heavy atom. The standard InChI is InChI=1S/C32H32F3N6O2PS/c1-21-7-16-27(44(2)3)26(18-21)41-28(42)19-45-31(41)38-30(43)36-17-5-4-6-22-8-10-23(11-9-22)29-37-20-40(39-29)25-14-12-24(13-15-25)32(33,34)35/h7-16,18,20H,4-6,17,19H2,1-3H3,(H,36,43)/b38-31-. The van der Waals surface area contributed by atoms with E-state index in [4.69, 9.17) is 0 Å². The summed E-state index contributed by atoms with van der Waals surface area (Å²) >= 11 is 1.28. The van der Waals surface area contributed by atoms with Crippen LogP contribution < -0.4 is 15.5 Å². The van der Waals surface area contributed by atoms with Crippen molar-refractivity contribution in [3.8, 4) is 17.1 Å². The largest absolute Gasteiger partial charge is 0.416 e. The molecule has 0 atom stereocenters. The lowest BCUT2D eigenvalue weighted by Crippen LogP contribution is -2.34. The molecule has 13 heteroatoms. The number of nitrogens with zero attached hydrogens (tertiary/aromatic N) is 5. The summed E-state index contributed by atoms with van der Waals surface area (Å²) in [5, 5.41) is 8.74. The average Bonchev–Trinajstić information content (AvgIpc) is 3.64. The van der Waals surface area contributed by atoms with Crippen LogP contribution >= 0.6 is 19.7 Å². The first-order valence-corrected chi connectivity index (χ1v) is 17.5. The lowest BCUT2D eigenvalue weighted by Gasteiger charge is -2.22. The van der Waals surface area contributed by atoms with Crippen LogP contribution in [0.4, 0.5) is 23.7 Å². The third-order valence-electron chi connectivity index (χ3n) is 7.15. The molecule has 0 aliphatic carbocycles. The number of aromatic nitrogens is 3. The molecular formula is C32H32F3N6O2PS. The van der Waals surface area contributed by atoms with Crippen molar-refractivity contribution in [1.82, 2.24) is 20.1 Å². The fourth-order valence-corrected chi connectivity index (χ4v) is 6.65. The van der Waals surface area contributed by atoms with Crippen molar-refractivity contribution in [3.63, 3.8) is 0 Å². The smallest absolute Gasteiger partial charge is 0.336 e. The Labute approximate surface area is 264 Å². The molecule has 8 nitrogen and oxygen atoms in total. The number of aryl methyl sites for hydroxylation is 2. The van der Waals surface area contributed by atoms with Crippen molar-refractivity contribution in [2.24, 2.45) is 4.99 Å². The predicted molar refractivity (Wildman–Crippen MR) is 175 cm³/mol. The lowest BCUT2D eigenvalue weighted by molar-refractivity contribution is -0.137. The van der Waals surface area contributed by atoms with Crippen LogP contribution in [0, 0.1) is 6.92 Å². The van der Waals surface area contributed by atoms with Crippen molar-refractivity contribution in [2.75, 3.05) is 30.5 Å². The number of alkyl halides is 3. The van der Waals surface area contributed by atoms with Crippen molar-refractivity contribution in [2.45, 2.75) is 32.4 Å². The van der Waals surface area contributed by atoms with Gasteiger partial charge < -0.3 is 5.32 Å². The van der Waals surface area contributed by atoms with Crippen LogP contribution in [-0.4, -0.2) is 57.5 Å². The molecule has 1 aromatic heterocycles. The van der Waals surface area contributed by atoms with Crippen molar-refractivity contribution in [1.29, 1.82) is 0 Å². The number of nitrogens with one attached hydrogen (secondary N) is 1. The average molecular weight is 653 g/mol. The molecule has 1 saturated heterocycles. The summed E-state index contributed by atoms with van der Waals surface area (Å²) in [6.07, 6.45) is -0.511. The summed E-state index contributed by atoms with van der Waals surface area (Å²) in [5.41, 5.74) is 3.52. The van der Waals surface area contributed by atoms with Gasteiger partial charge in [0.15, 0.2) is 11.0 Å². The van der Waals surface area contributed by atoms with E-state index in [1.807, 2.05) is 43.3 Å². The Bertz CT molecular complexity index is 1710. The van der Waals surface area contributed by atoms with E-state index in [-0.39, 0.29) is 11.7 Å². The summed E-state index contributed by atoms with van der Waals surface area (Å²) in [6.45, 7) is 6.71. The monoisotopic (exact) mass is 652 g/mol. The van der Waals surface area contributed by atoms with Gasteiger partial charge in [0.25, 0.3) is 0 Å². The van der Waals surface area contributed by atoms with E-state index in [0.29, 0.717) is 23.2 Å². The van der Waals surface area contributed by atoms with Crippen LogP contribution in [0.3, 0.4) is 0 Å². The minimum atomic E-state index is -4.39. The highest BCUT2D eigenvalue weighted by Crippen LogP contribution is 2.34. The maximum atomic E-state index is 12.8. The number of hydrogen-bond donors (Lipinski definition) is 1. The Balaban J connectivity index is 1.10. The van der Waals surface area contributed by atoms with Crippen molar-refractivity contribution >= 4 is 47.8 Å². The van der Waals surface area contributed by atoms with Gasteiger partial charge in [0.05, 0.1) is 22.7 Å². The number of unbranched alkanes of at least 4 members (excludes halogenated alkanes) is 1. The molecule has 0 spiro atoms. The fraction of sp³-hybridized carbons (Fsp3) is 0.281. The second-order valence-electron chi connectivity index (χ2n) is 10.7. The highest BCUT2D eigenvalue weighted by Gasteiger charge is 2.32. The highest BCUT2D eigenvalue weighted by molar-refractivity contribution is 8.15. The third-order valence-corrected chi connectivity index (χ3v) is 9.41. The second kappa shape index (κ2) is 14.0. The normalized spacial score (nSPS) is 14.5. The zero-order valence-electron chi connectivity index (χ0n) is 25.0. The van der Waals surface area contributed by atoms with Crippen molar-refractivity contribution in [3.05, 3.63) is 89.7 Å². The van der Waals surface area contributed by atoms with E-state index < -0.39 is 25.7 Å². The molecule has 4 aromatic rings. The molecule has 1 aliphatic heterocycles. The summed E-state index contributed by atoms with van der Waals surface area (Å²) < 4.78 is 40.0. The van der Waals surface area contributed by atoms with E-state index >= 15 is 0 Å². The van der Waals surface area contributed by atoms with Gasteiger partial charge in [-0.2, -0.15) is 18.2 Å². The Hall–Kier alpha value is -4.02. The molecule has 1 aliphatic rings. The predicted octanol–water partition coefficient (Wildman–Crippen LogP) is 6.80. The highest BCUT2D eigenvalue weighted by atomic mass is 32.2.